The van der Waals surface area contributed by atoms with Gasteiger partial charge in [0, 0.05) is 16.2 Å². The van der Waals surface area contributed by atoms with E-state index < -0.39 is 0 Å². The van der Waals surface area contributed by atoms with Crippen LogP contribution in [0, 0.1) is 0 Å². The summed E-state index contributed by atoms with van der Waals surface area (Å²) in [4.78, 5) is 0. The van der Waals surface area contributed by atoms with Crippen molar-refractivity contribution in [3.8, 4) is 0 Å². The molecule has 0 spiro atoms. The van der Waals surface area contributed by atoms with Crippen LogP contribution in [0.1, 0.15) is 34.0 Å². The van der Waals surface area contributed by atoms with Crippen molar-refractivity contribution in [1.29, 1.82) is 0 Å². The van der Waals surface area contributed by atoms with Crippen molar-refractivity contribution in [2.45, 2.75) is 0 Å². The summed E-state index contributed by atoms with van der Waals surface area (Å²) in [6, 6.07) is 36.7. The Morgan fingerprint density at radius 2 is 0.641 bits per heavy atom. The van der Waals surface area contributed by atoms with E-state index in [9.17, 15) is 0 Å². The molecule has 0 amide bonds. The summed E-state index contributed by atoms with van der Waals surface area (Å²) >= 11 is 0. The number of hydrogen-bond acceptors (Lipinski definition) is 3. The van der Waals surface area contributed by atoms with E-state index in [-0.39, 0.29) is 0 Å². The largest absolute Gasteiger partial charge is 0.457 e. The molecule has 39 heavy (non-hydrogen) atoms. The molecular weight excluding hydrogens is 480 g/mol. The zero-order valence-electron chi connectivity index (χ0n) is 21.1. The lowest BCUT2D eigenvalue weighted by atomic mass is 10.0. The summed E-state index contributed by atoms with van der Waals surface area (Å²) in [5.41, 5.74) is 5.83. The van der Waals surface area contributed by atoms with Crippen molar-refractivity contribution in [2.75, 3.05) is 0 Å². The number of hydrogen-bond donors (Lipinski definition) is 0. The van der Waals surface area contributed by atoms with Crippen LogP contribution in [-0.2, 0) is 0 Å². The van der Waals surface area contributed by atoms with Crippen molar-refractivity contribution in [1.82, 2.24) is 0 Å². The molecule has 0 radical (unpaired) electrons. The number of fused-ring (bicyclic) bond motifs is 3. The molecule has 3 heteroatoms. The lowest BCUT2D eigenvalue weighted by Gasteiger charge is -2.02. The zero-order chi connectivity index (χ0) is 26.0. The molecule has 7 aromatic rings. The Labute approximate surface area is 225 Å². The summed E-state index contributed by atoms with van der Waals surface area (Å²) in [6.07, 6.45) is 12.3. The van der Waals surface area contributed by atoms with Crippen LogP contribution in [0.25, 0.3) is 69.4 Å². The fourth-order valence-electron chi connectivity index (χ4n) is 4.78. The van der Waals surface area contributed by atoms with Gasteiger partial charge in [-0.25, -0.2) is 0 Å². The predicted octanol–water partition coefficient (Wildman–Crippen LogP) is 10.4. The maximum absolute atomic E-state index is 5.98. The van der Waals surface area contributed by atoms with E-state index in [0.29, 0.717) is 0 Å². The van der Waals surface area contributed by atoms with Crippen molar-refractivity contribution in [2.24, 2.45) is 0 Å². The molecule has 3 heterocycles. The number of furan rings is 3. The van der Waals surface area contributed by atoms with Crippen LogP contribution in [0.5, 0.6) is 0 Å². The summed E-state index contributed by atoms with van der Waals surface area (Å²) in [5, 5.41) is 3.28. The highest BCUT2D eigenvalue weighted by molar-refractivity contribution is 5.85. The molecule has 3 nitrogen and oxygen atoms in total. The fourth-order valence-corrected chi connectivity index (χ4v) is 4.78. The minimum atomic E-state index is 0.818. The standard InChI is InChI=1S/C36H24O3/c1-4-10-34-28(7-1)22-31(37-34)16-13-25-19-26(14-17-32-23-29-8-2-5-11-35(29)38-32)21-27(20-25)15-18-33-24-30-9-3-6-12-36(30)39-33/h1-24H/b16-13+,17-14+,18-15+. The maximum Gasteiger partial charge on any atom is 0.134 e. The first kappa shape index (κ1) is 22.9. The van der Waals surface area contributed by atoms with E-state index in [0.717, 1.165) is 66.9 Å². The monoisotopic (exact) mass is 504 g/mol. The summed E-state index contributed by atoms with van der Waals surface area (Å²) in [7, 11) is 0. The van der Waals surface area contributed by atoms with Gasteiger partial charge in [0.15, 0.2) is 0 Å². The third kappa shape index (κ3) is 4.98. The Morgan fingerprint density at radius 3 is 0.949 bits per heavy atom. The third-order valence-electron chi connectivity index (χ3n) is 6.65. The Balaban J connectivity index is 1.22. The van der Waals surface area contributed by atoms with Crippen LogP contribution < -0.4 is 0 Å². The van der Waals surface area contributed by atoms with Gasteiger partial charge >= 0.3 is 0 Å². The number of para-hydroxylation sites is 3. The molecule has 0 aliphatic rings. The van der Waals surface area contributed by atoms with E-state index >= 15 is 0 Å². The molecule has 0 atom stereocenters. The van der Waals surface area contributed by atoms with Gasteiger partial charge in [-0.2, -0.15) is 0 Å². The minimum Gasteiger partial charge on any atom is -0.457 e. The molecule has 3 aromatic heterocycles. The van der Waals surface area contributed by atoms with Gasteiger partial charge < -0.3 is 13.3 Å². The Hall–Kier alpha value is -5.28. The van der Waals surface area contributed by atoms with E-state index in [1.165, 1.54) is 0 Å². The van der Waals surface area contributed by atoms with E-state index in [2.05, 4.69) is 72.8 Å². The van der Waals surface area contributed by atoms with Gasteiger partial charge in [-0.1, -0.05) is 72.8 Å². The van der Waals surface area contributed by atoms with Gasteiger partial charge in [-0.15, -0.1) is 0 Å². The van der Waals surface area contributed by atoms with Gasteiger partial charge in [0.05, 0.1) is 0 Å². The summed E-state index contributed by atoms with van der Waals surface area (Å²) in [5.74, 6) is 2.45. The minimum absolute atomic E-state index is 0.818. The van der Waals surface area contributed by atoms with Gasteiger partial charge in [0.25, 0.3) is 0 Å². The summed E-state index contributed by atoms with van der Waals surface area (Å²) < 4.78 is 17.9. The van der Waals surface area contributed by atoms with Crippen molar-refractivity contribution >= 4 is 69.4 Å². The van der Waals surface area contributed by atoms with Crippen LogP contribution in [0.15, 0.2) is 122 Å². The highest BCUT2D eigenvalue weighted by atomic mass is 16.3. The normalized spacial score (nSPS) is 12.3. The highest BCUT2D eigenvalue weighted by Crippen LogP contribution is 2.25. The molecule has 0 saturated heterocycles. The van der Waals surface area contributed by atoms with E-state index in [1.54, 1.807) is 0 Å². The Morgan fingerprint density at radius 1 is 0.333 bits per heavy atom. The van der Waals surface area contributed by atoms with Crippen LogP contribution in [0.3, 0.4) is 0 Å². The van der Waals surface area contributed by atoms with Crippen molar-refractivity contribution in [3.63, 3.8) is 0 Å². The average Bonchev–Trinajstić information content (AvgIpc) is 3.69. The van der Waals surface area contributed by atoms with Gasteiger partial charge in [0.2, 0.25) is 0 Å². The maximum atomic E-state index is 5.98. The van der Waals surface area contributed by atoms with Crippen LogP contribution in [0.2, 0.25) is 0 Å². The van der Waals surface area contributed by atoms with E-state index in [4.69, 9.17) is 13.3 Å². The van der Waals surface area contributed by atoms with E-state index in [1.807, 2.05) is 72.8 Å². The second kappa shape index (κ2) is 9.88. The highest BCUT2D eigenvalue weighted by Gasteiger charge is 2.04. The zero-order valence-corrected chi connectivity index (χ0v) is 21.1. The molecule has 186 valence electrons. The molecule has 0 aliphatic heterocycles. The van der Waals surface area contributed by atoms with Gasteiger partial charge in [-0.05, 0) is 89.5 Å². The molecular formula is C36H24O3. The van der Waals surface area contributed by atoms with Crippen molar-refractivity contribution in [3.05, 3.63) is 143 Å². The Bertz CT molecular complexity index is 1680. The molecule has 0 bridgehead atoms. The molecule has 0 unspecified atom stereocenters. The molecule has 7 rings (SSSR count). The Kier molecular flexibility index (Phi) is 5.80. The first-order valence-corrected chi connectivity index (χ1v) is 12.9. The van der Waals surface area contributed by atoms with Crippen LogP contribution in [0.4, 0.5) is 0 Å². The fraction of sp³-hybridized carbons (Fsp3) is 0. The summed E-state index contributed by atoms with van der Waals surface area (Å²) in [6.45, 7) is 0. The van der Waals surface area contributed by atoms with Crippen LogP contribution in [-0.4, -0.2) is 0 Å². The van der Waals surface area contributed by atoms with Crippen LogP contribution >= 0.6 is 0 Å². The number of rotatable bonds is 6. The lowest BCUT2D eigenvalue weighted by Crippen LogP contribution is -1.81. The molecule has 4 aromatic carbocycles. The first-order valence-electron chi connectivity index (χ1n) is 12.9. The smallest absolute Gasteiger partial charge is 0.134 e. The topological polar surface area (TPSA) is 39.4 Å². The number of benzene rings is 4. The first-order chi connectivity index (χ1) is 19.2. The van der Waals surface area contributed by atoms with Crippen molar-refractivity contribution < 1.29 is 13.3 Å². The van der Waals surface area contributed by atoms with Gasteiger partial charge in [0.1, 0.15) is 34.0 Å². The average molecular weight is 505 g/mol. The molecule has 0 saturated carbocycles. The lowest BCUT2D eigenvalue weighted by molar-refractivity contribution is 0.604. The SMILES string of the molecule is C(=C\c1cc2ccccc2o1)/c1cc(/C=C/c2cc3ccccc3o2)cc(/C=C/c2cc3ccccc3o2)c1. The second-order valence-electron chi connectivity index (χ2n) is 9.49. The molecule has 0 fully saturated rings. The quantitative estimate of drug-likeness (QED) is 0.226. The third-order valence-corrected chi connectivity index (χ3v) is 6.65. The molecule has 0 aliphatic carbocycles. The second-order valence-corrected chi connectivity index (χ2v) is 9.49. The van der Waals surface area contributed by atoms with Gasteiger partial charge in [-0.3, -0.25) is 0 Å². The molecule has 0 N–H and O–H groups in total. The predicted molar refractivity (Wildman–Crippen MR) is 162 cm³/mol.